The van der Waals surface area contributed by atoms with E-state index in [0.717, 1.165) is 62.4 Å². The van der Waals surface area contributed by atoms with Crippen molar-refractivity contribution in [1.82, 2.24) is 14.7 Å². The number of benzene rings is 2. The number of anilines is 1. The molecule has 0 bridgehead atoms. The van der Waals surface area contributed by atoms with Gasteiger partial charge in [-0.05, 0) is 134 Å². The molecule has 0 spiro atoms. The monoisotopic (exact) mass is 1030 g/mol. The van der Waals surface area contributed by atoms with Crippen LogP contribution in [0.1, 0.15) is 128 Å². The van der Waals surface area contributed by atoms with E-state index in [1.54, 1.807) is 25.9 Å². The van der Waals surface area contributed by atoms with Gasteiger partial charge in [-0.2, -0.15) is 0 Å². The lowest BCUT2D eigenvalue weighted by atomic mass is 9.83. The van der Waals surface area contributed by atoms with E-state index in [1.807, 2.05) is 84.3 Å². The van der Waals surface area contributed by atoms with Gasteiger partial charge in [-0.1, -0.05) is 71.9 Å². The van der Waals surface area contributed by atoms with Crippen molar-refractivity contribution in [3.63, 3.8) is 0 Å². The molecule has 0 radical (unpaired) electrons. The van der Waals surface area contributed by atoms with Crippen molar-refractivity contribution < 1.29 is 58.5 Å². The fourth-order valence-electron chi connectivity index (χ4n) is 10.5. The molecule has 2 aromatic rings. The maximum absolute atomic E-state index is 13.8. The van der Waals surface area contributed by atoms with E-state index < -0.39 is 30.1 Å². The van der Waals surface area contributed by atoms with Crippen LogP contribution in [0.3, 0.4) is 0 Å². The number of rotatable bonds is 25. The van der Waals surface area contributed by atoms with Gasteiger partial charge in [0.15, 0.2) is 6.29 Å². The second-order valence-electron chi connectivity index (χ2n) is 21.2. The smallest absolute Gasteiger partial charge is 0.321 e. The number of nitrogens with zero attached hydrogens (tertiary/aromatic N) is 3. The van der Waals surface area contributed by atoms with E-state index in [-0.39, 0.29) is 68.1 Å². The summed E-state index contributed by atoms with van der Waals surface area (Å²) in [5.74, 6) is 1.02. The predicted molar refractivity (Wildman–Crippen MR) is 293 cm³/mol. The summed E-state index contributed by atoms with van der Waals surface area (Å²) in [4.78, 5) is 43.5. The lowest BCUT2D eigenvalue weighted by Crippen LogP contribution is -2.59. The quantitative estimate of drug-likeness (QED) is 0.0470. The van der Waals surface area contributed by atoms with E-state index in [9.17, 15) is 29.7 Å². The highest BCUT2D eigenvalue weighted by Crippen LogP contribution is 2.29. The molecule has 14 atom stereocenters. The minimum atomic E-state index is -1.53. The number of hydrogen-bond donors (Lipinski definition) is 5. The molecule has 16 heteroatoms. The van der Waals surface area contributed by atoms with Crippen LogP contribution in [0, 0.1) is 29.6 Å². The molecule has 422 valence electrons. The minimum absolute atomic E-state index is 0.0369. The Morgan fingerprint density at radius 1 is 0.890 bits per heavy atom. The molecule has 2 aromatic carbocycles. The van der Waals surface area contributed by atoms with Crippen LogP contribution in [-0.4, -0.2) is 183 Å². The van der Waals surface area contributed by atoms with E-state index in [4.69, 9.17) is 28.8 Å². The van der Waals surface area contributed by atoms with Gasteiger partial charge in [-0.15, -0.1) is 0 Å². The first-order chi connectivity index (χ1) is 34.5. The molecule has 4 rings (SSSR count). The zero-order valence-corrected chi connectivity index (χ0v) is 47.9. The first-order valence-electron chi connectivity index (χ1n) is 26.9. The summed E-state index contributed by atoms with van der Waals surface area (Å²) < 4.78 is 26.9. The fourth-order valence-corrected chi connectivity index (χ4v) is 10.5. The van der Waals surface area contributed by atoms with Crippen molar-refractivity contribution >= 4 is 34.7 Å². The molecule has 0 aromatic heterocycles. The number of fused-ring (bicyclic) bond motifs is 1. The Kier molecular flexibility index (Phi) is 33.3. The van der Waals surface area contributed by atoms with E-state index in [1.165, 1.54) is 20.0 Å². The van der Waals surface area contributed by atoms with Gasteiger partial charge in [0, 0.05) is 84.2 Å². The van der Waals surface area contributed by atoms with Gasteiger partial charge in [0.1, 0.15) is 18.0 Å². The Morgan fingerprint density at radius 2 is 1.55 bits per heavy atom. The number of aldehydes is 1. The fraction of sp³-hybridized carbons (Fsp3) is 0.772. The van der Waals surface area contributed by atoms with Crippen LogP contribution in [0.15, 0.2) is 42.5 Å². The van der Waals surface area contributed by atoms with Gasteiger partial charge in [-0.25, -0.2) is 4.79 Å². The van der Waals surface area contributed by atoms with Crippen LogP contribution in [0.25, 0.3) is 10.8 Å². The Hall–Kier alpha value is -3.29. The van der Waals surface area contributed by atoms with E-state index in [2.05, 4.69) is 49.7 Å². The molecule has 0 aliphatic carbocycles. The van der Waals surface area contributed by atoms with Crippen molar-refractivity contribution in [3.05, 3.63) is 42.5 Å². The number of esters is 1. The van der Waals surface area contributed by atoms with Crippen LogP contribution >= 0.6 is 0 Å². The second-order valence-corrected chi connectivity index (χ2v) is 21.2. The number of nitrogens with one attached hydrogen (secondary N) is 1. The molecule has 2 aliphatic rings. The van der Waals surface area contributed by atoms with Crippen LogP contribution in [0.5, 0.6) is 0 Å². The van der Waals surface area contributed by atoms with Crippen LogP contribution in [0.2, 0.25) is 0 Å². The minimum Gasteiger partial charge on any atom is -0.466 e. The van der Waals surface area contributed by atoms with Crippen molar-refractivity contribution in [3.8, 4) is 0 Å². The highest BCUT2D eigenvalue weighted by molar-refractivity contribution is 5.93. The standard InChI is InChI=1S/C41H67N3O8.C8H17NO2.C7H14O.CH4O/c1-11-36(50-9)41(8,49)39(47)32(7)44(26-29(4)23-28(3)24-30(5)38(51-10)31(6)27-45)22-21-43(20-19-37(46)52-12-2)40(48)42-35-18-17-33-15-13-14-16-34(33)25-35;1-6-4-7(9(2)3)5-8(10)11-6;1-6-3-4-8-7(2)5-6;1-2/h13-18,25,27-32,36,38-39,47,49H,11-12,19-24,26H2,1-10H3,(H,42,48);6-8,10H,4-5H2,1-3H3;6-7H,3-5H2,1-2H3;2H,1H3/t28-,29+,30+,31?,32?,36+,38-,39?,41+;;;/m0.../s1. The number of amides is 2. The van der Waals surface area contributed by atoms with Gasteiger partial charge in [0.25, 0.3) is 0 Å². The molecule has 2 saturated heterocycles. The Balaban J connectivity index is 0.00000104. The highest BCUT2D eigenvalue weighted by atomic mass is 16.6. The van der Waals surface area contributed by atoms with Gasteiger partial charge in [0.05, 0.1) is 37.4 Å². The topological polar surface area (TPSA) is 200 Å². The average Bonchev–Trinajstić information content (AvgIpc) is 3.34. The molecule has 2 aliphatic heterocycles. The lowest BCUT2D eigenvalue weighted by Gasteiger charge is -2.43. The summed E-state index contributed by atoms with van der Waals surface area (Å²) in [7, 11) is 8.26. The van der Waals surface area contributed by atoms with Crippen molar-refractivity contribution in [2.75, 3.05) is 80.1 Å². The number of hydrogen-bond acceptors (Lipinski definition) is 14. The van der Waals surface area contributed by atoms with Crippen LogP contribution < -0.4 is 5.32 Å². The summed E-state index contributed by atoms with van der Waals surface area (Å²) in [5, 5.41) is 44.5. The number of carbonyl (C=O) groups is 3. The Morgan fingerprint density at radius 3 is 2.08 bits per heavy atom. The SMILES string of the molecule is CC1CC(N(C)C)CC(O)O1.CC1CCOC(C)C1.CCOC(=O)CCN(CCN(C[C@H](C)C[C@H](C)C[C@@H](C)[C@H](OC)C(C)C=O)C(C)C(O)[C@](C)(O)[C@@H](CC)OC)C(=O)Nc1ccc2ccccc2c1.CO. The third kappa shape index (κ3) is 24.5. The van der Waals surface area contributed by atoms with E-state index >= 15 is 0 Å². The molecule has 16 nitrogen and oxygen atoms in total. The number of methoxy groups -OCH3 is 2. The molecule has 2 fully saturated rings. The molecular weight excluding hydrogens is 933 g/mol. The number of aliphatic hydroxyl groups is 4. The molecule has 2 amide bonds. The lowest BCUT2D eigenvalue weighted by molar-refractivity contribution is -0.172. The van der Waals surface area contributed by atoms with Crippen molar-refractivity contribution in [1.29, 1.82) is 0 Å². The van der Waals surface area contributed by atoms with Gasteiger partial charge >= 0.3 is 12.0 Å². The highest BCUT2D eigenvalue weighted by Gasteiger charge is 2.43. The van der Waals surface area contributed by atoms with Crippen molar-refractivity contribution in [2.45, 2.75) is 182 Å². The third-order valence-electron chi connectivity index (χ3n) is 14.4. The Bertz CT molecular complexity index is 1780. The van der Waals surface area contributed by atoms with Crippen LogP contribution in [0.4, 0.5) is 10.5 Å². The van der Waals surface area contributed by atoms with Gasteiger partial charge < -0.3 is 64.0 Å². The number of aliphatic hydroxyl groups excluding tert-OH is 3. The molecular formula is C57H102N4O12. The predicted octanol–water partition coefficient (Wildman–Crippen LogP) is 8.26. The van der Waals surface area contributed by atoms with E-state index in [0.29, 0.717) is 43.3 Å². The molecule has 73 heavy (non-hydrogen) atoms. The average molecular weight is 1040 g/mol. The molecule has 0 saturated carbocycles. The third-order valence-corrected chi connectivity index (χ3v) is 14.4. The maximum atomic E-state index is 13.8. The van der Waals surface area contributed by atoms with Crippen LogP contribution in [-0.2, 0) is 33.3 Å². The first kappa shape index (κ1) is 67.7. The Labute approximate surface area is 440 Å². The summed E-state index contributed by atoms with van der Waals surface area (Å²) in [5.41, 5.74) is -0.893. The zero-order chi connectivity index (χ0) is 55.4. The molecule has 5 N–H and O–H groups in total. The second kappa shape index (κ2) is 35.9. The first-order valence-corrected chi connectivity index (χ1v) is 26.9. The van der Waals surface area contributed by atoms with Crippen molar-refractivity contribution in [2.24, 2.45) is 29.6 Å². The van der Waals surface area contributed by atoms with Gasteiger partial charge in [-0.3, -0.25) is 9.69 Å². The maximum Gasteiger partial charge on any atom is 0.321 e. The summed E-state index contributed by atoms with van der Waals surface area (Å²) >= 11 is 0. The zero-order valence-electron chi connectivity index (χ0n) is 47.9. The largest absolute Gasteiger partial charge is 0.466 e. The summed E-state index contributed by atoms with van der Waals surface area (Å²) in [6, 6.07) is 13.3. The summed E-state index contributed by atoms with van der Waals surface area (Å²) in [6.45, 7) is 24.6. The molecule has 2 heterocycles. The number of ether oxygens (including phenoxy) is 5. The summed E-state index contributed by atoms with van der Waals surface area (Å²) in [6.07, 6.45) is 5.77. The molecule has 8 unspecified atom stereocenters. The number of carbonyl (C=O) groups excluding carboxylic acids is 3. The normalized spacial score (nSPS) is 23.0. The number of urea groups is 1. The van der Waals surface area contributed by atoms with Gasteiger partial charge in [0.2, 0.25) is 0 Å².